The SMILES string of the molecule is CCCNCCCc1c(C)nc(CC(C)C)nc1C. The lowest BCUT2D eigenvalue weighted by molar-refractivity contribution is 0.610. The van der Waals surface area contributed by atoms with Crippen molar-refractivity contribution >= 4 is 0 Å². The fourth-order valence-corrected chi connectivity index (χ4v) is 2.32. The van der Waals surface area contributed by atoms with Gasteiger partial charge in [-0.2, -0.15) is 0 Å². The Hall–Kier alpha value is -0.960. The van der Waals surface area contributed by atoms with Gasteiger partial charge in [0.25, 0.3) is 0 Å². The molecule has 0 unspecified atom stereocenters. The van der Waals surface area contributed by atoms with E-state index >= 15 is 0 Å². The van der Waals surface area contributed by atoms with Crippen LogP contribution < -0.4 is 5.32 Å². The van der Waals surface area contributed by atoms with Gasteiger partial charge in [-0.05, 0) is 57.7 Å². The van der Waals surface area contributed by atoms with Crippen molar-refractivity contribution in [3.05, 3.63) is 22.8 Å². The molecule has 3 heteroatoms. The minimum Gasteiger partial charge on any atom is -0.317 e. The van der Waals surface area contributed by atoms with Crippen LogP contribution in [0.25, 0.3) is 0 Å². The average molecular weight is 263 g/mol. The van der Waals surface area contributed by atoms with Crippen LogP contribution in [0, 0.1) is 19.8 Å². The zero-order valence-corrected chi connectivity index (χ0v) is 13.2. The standard InChI is InChI=1S/C16H29N3/c1-6-9-17-10-7-8-15-13(4)18-16(11-12(2)3)19-14(15)5/h12,17H,6-11H2,1-5H3. The molecule has 108 valence electrons. The van der Waals surface area contributed by atoms with Crippen LogP contribution in [0.2, 0.25) is 0 Å². The zero-order chi connectivity index (χ0) is 14.3. The van der Waals surface area contributed by atoms with Gasteiger partial charge in [0.1, 0.15) is 5.82 Å². The maximum atomic E-state index is 4.66. The molecule has 1 heterocycles. The first-order valence-corrected chi connectivity index (χ1v) is 7.58. The molecule has 0 saturated heterocycles. The number of rotatable bonds is 8. The topological polar surface area (TPSA) is 37.8 Å². The molecule has 3 nitrogen and oxygen atoms in total. The quantitative estimate of drug-likeness (QED) is 0.732. The molecule has 0 amide bonds. The Labute approximate surface area is 118 Å². The van der Waals surface area contributed by atoms with Crippen molar-refractivity contribution in [2.24, 2.45) is 5.92 Å². The van der Waals surface area contributed by atoms with E-state index in [0.717, 1.165) is 38.2 Å². The Morgan fingerprint density at radius 1 is 1.05 bits per heavy atom. The van der Waals surface area contributed by atoms with Crippen molar-refractivity contribution in [1.29, 1.82) is 0 Å². The molecule has 0 aromatic carbocycles. The zero-order valence-electron chi connectivity index (χ0n) is 13.2. The molecule has 0 atom stereocenters. The Bertz CT molecular complexity index is 363. The third kappa shape index (κ3) is 5.68. The summed E-state index contributed by atoms with van der Waals surface area (Å²) in [5.74, 6) is 1.61. The first-order chi connectivity index (χ1) is 9.04. The van der Waals surface area contributed by atoms with Crippen molar-refractivity contribution in [2.75, 3.05) is 13.1 Å². The minimum absolute atomic E-state index is 0.614. The molecule has 0 bridgehead atoms. The summed E-state index contributed by atoms with van der Waals surface area (Å²) >= 11 is 0. The number of aromatic nitrogens is 2. The molecule has 1 aromatic heterocycles. The monoisotopic (exact) mass is 263 g/mol. The number of aryl methyl sites for hydroxylation is 2. The lowest BCUT2D eigenvalue weighted by Crippen LogP contribution is -2.17. The molecule has 1 N–H and O–H groups in total. The van der Waals surface area contributed by atoms with Crippen molar-refractivity contribution in [3.8, 4) is 0 Å². The summed E-state index contributed by atoms with van der Waals surface area (Å²) < 4.78 is 0. The summed E-state index contributed by atoms with van der Waals surface area (Å²) in [6.07, 6.45) is 4.41. The van der Waals surface area contributed by atoms with Gasteiger partial charge in [-0.15, -0.1) is 0 Å². The lowest BCUT2D eigenvalue weighted by Gasteiger charge is -2.12. The van der Waals surface area contributed by atoms with E-state index < -0.39 is 0 Å². The average Bonchev–Trinajstić information content (AvgIpc) is 2.31. The number of hydrogen-bond donors (Lipinski definition) is 1. The fourth-order valence-electron chi connectivity index (χ4n) is 2.32. The highest BCUT2D eigenvalue weighted by Crippen LogP contribution is 2.14. The Morgan fingerprint density at radius 2 is 1.68 bits per heavy atom. The number of nitrogens with one attached hydrogen (secondary N) is 1. The van der Waals surface area contributed by atoms with Gasteiger partial charge in [-0.3, -0.25) is 0 Å². The second kappa shape index (κ2) is 8.26. The van der Waals surface area contributed by atoms with Crippen molar-refractivity contribution in [2.45, 2.75) is 60.3 Å². The van der Waals surface area contributed by atoms with Gasteiger partial charge in [0.2, 0.25) is 0 Å². The molecule has 0 radical (unpaired) electrons. The van der Waals surface area contributed by atoms with Gasteiger partial charge in [0, 0.05) is 17.8 Å². The number of nitrogens with zero attached hydrogens (tertiary/aromatic N) is 2. The van der Waals surface area contributed by atoms with Crippen LogP contribution in [-0.2, 0) is 12.8 Å². The highest BCUT2D eigenvalue weighted by molar-refractivity contribution is 5.24. The molecule has 1 aromatic rings. The van der Waals surface area contributed by atoms with Crippen LogP contribution in [0.4, 0.5) is 0 Å². The van der Waals surface area contributed by atoms with Gasteiger partial charge in [-0.25, -0.2) is 9.97 Å². The molecule has 0 aliphatic rings. The van der Waals surface area contributed by atoms with Crippen molar-refractivity contribution < 1.29 is 0 Å². The summed E-state index contributed by atoms with van der Waals surface area (Å²) in [4.78, 5) is 9.32. The van der Waals surface area contributed by atoms with Crippen LogP contribution in [0.1, 0.15) is 56.4 Å². The first kappa shape index (κ1) is 16.1. The molecule has 0 spiro atoms. The summed E-state index contributed by atoms with van der Waals surface area (Å²) in [5, 5.41) is 3.44. The van der Waals surface area contributed by atoms with Gasteiger partial charge < -0.3 is 5.32 Å². The molecule has 0 aliphatic carbocycles. The highest BCUT2D eigenvalue weighted by Gasteiger charge is 2.09. The molecular weight excluding hydrogens is 234 g/mol. The van der Waals surface area contributed by atoms with E-state index in [9.17, 15) is 0 Å². The van der Waals surface area contributed by atoms with Crippen LogP contribution in [-0.4, -0.2) is 23.1 Å². The van der Waals surface area contributed by atoms with Crippen LogP contribution in [0.15, 0.2) is 0 Å². The van der Waals surface area contributed by atoms with E-state index in [0.29, 0.717) is 5.92 Å². The highest BCUT2D eigenvalue weighted by atomic mass is 14.9. The third-order valence-electron chi connectivity index (χ3n) is 3.26. The van der Waals surface area contributed by atoms with E-state index in [1.165, 1.54) is 23.4 Å². The first-order valence-electron chi connectivity index (χ1n) is 7.58. The summed E-state index contributed by atoms with van der Waals surface area (Å²) in [5.41, 5.74) is 3.67. The van der Waals surface area contributed by atoms with Gasteiger partial charge >= 0.3 is 0 Å². The predicted molar refractivity (Wildman–Crippen MR) is 81.5 cm³/mol. The second-order valence-corrected chi connectivity index (χ2v) is 5.74. The van der Waals surface area contributed by atoms with E-state index in [2.05, 4.69) is 49.9 Å². The Balaban J connectivity index is 2.59. The molecule has 19 heavy (non-hydrogen) atoms. The van der Waals surface area contributed by atoms with Gasteiger partial charge in [-0.1, -0.05) is 20.8 Å². The van der Waals surface area contributed by atoms with Gasteiger partial charge in [0.15, 0.2) is 0 Å². The second-order valence-electron chi connectivity index (χ2n) is 5.74. The molecule has 0 saturated carbocycles. The summed E-state index contributed by atoms with van der Waals surface area (Å²) in [6.45, 7) is 13.0. The minimum atomic E-state index is 0.614. The summed E-state index contributed by atoms with van der Waals surface area (Å²) in [7, 11) is 0. The third-order valence-corrected chi connectivity index (χ3v) is 3.26. The van der Waals surface area contributed by atoms with Crippen LogP contribution >= 0.6 is 0 Å². The maximum Gasteiger partial charge on any atom is 0.129 e. The van der Waals surface area contributed by atoms with Gasteiger partial charge in [0.05, 0.1) is 0 Å². The van der Waals surface area contributed by atoms with Crippen LogP contribution in [0.5, 0.6) is 0 Å². The lowest BCUT2D eigenvalue weighted by atomic mass is 10.1. The normalized spacial score (nSPS) is 11.3. The Kier molecular flexibility index (Phi) is 7.00. The van der Waals surface area contributed by atoms with Crippen molar-refractivity contribution in [3.63, 3.8) is 0 Å². The van der Waals surface area contributed by atoms with Crippen molar-refractivity contribution in [1.82, 2.24) is 15.3 Å². The van der Waals surface area contributed by atoms with E-state index in [-0.39, 0.29) is 0 Å². The van der Waals surface area contributed by atoms with Crippen LogP contribution in [0.3, 0.4) is 0 Å². The molecule has 0 fully saturated rings. The van der Waals surface area contributed by atoms with E-state index in [1.807, 2.05) is 0 Å². The molecular formula is C16H29N3. The van der Waals surface area contributed by atoms with E-state index in [1.54, 1.807) is 0 Å². The van der Waals surface area contributed by atoms with E-state index in [4.69, 9.17) is 0 Å². The number of hydrogen-bond acceptors (Lipinski definition) is 3. The molecule has 1 rings (SSSR count). The smallest absolute Gasteiger partial charge is 0.129 e. The maximum absolute atomic E-state index is 4.66. The molecule has 0 aliphatic heterocycles. The fraction of sp³-hybridized carbons (Fsp3) is 0.750. The largest absolute Gasteiger partial charge is 0.317 e. The Morgan fingerprint density at radius 3 is 2.21 bits per heavy atom. The predicted octanol–water partition coefficient (Wildman–Crippen LogP) is 3.22. The summed E-state index contributed by atoms with van der Waals surface area (Å²) in [6, 6.07) is 0.